The number of carboxylic acids is 5. The van der Waals surface area contributed by atoms with E-state index in [0.29, 0.717) is 0 Å². The van der Waals surface area contributed by atoms with E-state index in [0.717, 1.165) is 0 Å². The van der Waals surface area contributed by atoms with Crippen LogP contribution >= 0.6 is 11.6 Å². The maximum absolute atomic E-state index is 11.4. The van der Waals surface area contributed by atoms with Crippen LogP contribution in [0.2, 0.25) is 0 Å². The molecule has 0 saturated heterocycles. The van der Waals surface area contributed by atoms with Crippen molar-refractivity contribution in [3.8, 4) is 0 Å². The first-order chi connectivity index (χ1) is 10.9. The van der Waals surface area contributed by atoms with E-state index in [1.165, 1.54) is 0 Å². The molecule has 0 radical (unpaired) electrons. The standard InChI is InChI=1S/C12H5ClO11/c13-7(14)1-2(8(15)16)4(10(19)20)6(12(23)24)5(11(21)22)3(1)9(17)18/h(H,15,16)(H,17,18)(H,19,20)(H,21,22)(H,23,24). The molecule has 126 valence electrons. The lowest BCUT2D eigenvalue weighted by Crippen LogP contribution is -2.27. The summed E-state index contributed by atoms with van der Waals surface area (Å²) in [4.78, 5) is 67.8. The van der Waals surface area contributed by atoms with Gasteiger partial charge >= 0.3 is 29.8 Å². The van der Waals surface area contributed by atoms with Crippen molar-refractivity contribution < 1.29 is 54.3 Å². The molecule has 24 heavy (non-hydrogen) atoms. The number of rotatable bonds is 6. The van der Waals surface area contributed by atoms with Crippen LogP contribution in [0.1, 0.15) is 62.1 Å². The first-order valence-electron chi connectivity index (χ1n) is 5.53. The summed E-state index contributed by atoms with van der Waals surface area (Å²) in [5, 5.41) is 43.6. The van der Waals surface area contributed by atoms with Gasteiger partial charge in [-0.3, -0.25) is 4.79 Å². The Morgan fingerprint density at radius 1 is 0.458 bits per heavy atom. The topological polar surface area (TPSA) is 204 Å². The lowest BCUT2D eigenvalue weighted by molar-refractivity contribution is 0.0607. The summed E-state index contributed by atoms with van der Waals surface area (Å²) in [6.45, 7) is 0. The average Bonchev–Trinajstić information content (AvgIpc) is 2.42. The highest BCUT2D eigenvalue weighted by Crippen LogP contribution is 2.31. The Hall–Kier alpha value is -3.47. The van der Waals surface area contributed by atoms with Crippen LogP contribution in [0.4, 0.5) is 0 Å². The van der Waals surface area contributed by atoms with E-state index in [-0.39, 0.29) is 0 Å². The lowest BCUT2D eigenvalue weighted by Gasteiger charge is -2.16. The Kier molecular flexibility index (Phi) is 4.91. The normalized spacial score (nSPS) is 10.0. The van der Waals surface area contributed by atoms with Crippen molar-refractivity contribution in [3.63, 3.8) is 0 Å². The second-order valence-electron chi connectivity index (χ2n) is 4.05. The van der Waals surface area contributed by atoms with Crippen LogP contribution < -0.4 is 0 Å². The molecule has 0 spiro atoms. The summed E-state index contributed by atoms with van der Waals surface area (Å²) >= 11 is 5.09. The van der Waals surface area contributed by atoms with Crippen molar-refractivity contribution in [1.29, 1.82) is 0 Å². The molecule has 0 saturated carbocycles. The van der Waals surface area contributed by atoms with Gasteiger partial charge in [-0.25, -0.2) is 24.0 Å². The molecule has 0 fully saturated rings. The molecule has 1 aromatic rings. The summed E-state index contributed by atoms with van der Waals surface area (Å²) in [6.07, 6.45) is 0. The molecule has 0 aromatic heterocycles. The number of carbonyl (C=O) groups is 6. The van der Waals surface area contributed by atoms with Crippen LogP contribution in [0.5, 0.6) is 0 Å². The number of hydrogen-bond donors (Lipinski definition) is 5. The highest BCUT2D eigenvalue weighted by molar-refractivity contribution is 6.69. The zero-order chi connectivity index (χ0) is 18.9. The Bertz CT molecular complexity index is 638. The molecular weight excluding hydrogens is 356 g/mol. The van der Waals surface area contributed by atoms with Gasteiger partial charge in [0.2, 0.25) is 0 Å². The van der Waals surface area contributed by atoms with Gasteiger partial charge < -0.3 is 25.5 Å². The van der Waals surface area contributed by atoms with Crippen molar-refractivity contribution >= 4 is 46.7 Å². The summed E-state index contributed by atoms with van der Waals surface area (Å²) in [6, 6.07) is 0. The van der Waals surface area contributed by atoms with Crippen LogP contribution in [0.25, 0.3) is 0 Å². The quantitative estimate of drug-likeness (QED) is 0.443. The number of carbonyl (C=O) groups excluding carboxylic acids is 1. The molecule has 0 aliphatic heterocycles. The third kappa shape index (κ3) is 2.87. The monoisotopic (exact) mass is 360 g/mol. The number of benzene rings is 1. The van der Waals surface area contributed by atoms with Gasteiger partial charge in [-0.15, -0.1) is 0 Å². The zero-order valence-corrected chi connectivity index (χ0v) is 11.8. The highest BCUT2D eigenvalue weighted by Gasteiger charge is 2.39. The van der Waals surface area contributed by atoms with E-state index in [2.05, 4.69) is 0 Å². The number of hydrogen-bond acceptors (Lipinski definition) is 6. The van der Waals surface area contributed by atoms with Gasteiger partial charge in [0.15, 0.2) is 0 Å². The third-order valence-corrected chi connectivity index (χ3v) is 2.95. The largest absolute Gasteiger partial charge is 0.478 e. The first kappa shape index (κ1) is 18.6. The molecule has 1 aromatic carbocycles. The fraction of sp³-hybridized carbons (Fsp3) is 0. The van der Waals surface area contributed by atoms with Gasteiger partial charge in [0, 0.05) is 0 Å². The van der Waals surface area contributed by atoms with Crippen molar-refractivity contribution in [3.05, 3.63) is 33.4 Å². The van der Waals surface area contributed by atoms with E-state index >= 15 is 0 Å². The lowest BCUT2D eigenvalue weighted by atomic mass is 9.86. The predicted molar refractivity (Wildman–Crippen MR) is 71.4 cm³/mol. The molecule has 11 nitrogen and oxygen atoms in total. The number of halogens is 1. The molecule has 5 N–H and O–H groups in total. The number of carboxylic acid groups (broad SMARTS) is 5. The Labute approximate surface area is 135 Å². The predicted octanol–water partition coefficient (Wildman–Crippen LogP) is 0.557. The maximum atomic E-state index is 11.4. The van der Waals surface area contributed by atoms with E-state index in [4.69, 9.17) is 37.1 Å². The first-order valence-corrected chi connectivity index (χ1v) is 5.91. The van der Waals surface area contributed by atoms with Crippen LogP contribution in [0.15, 0.2) is 0 Å². The summed E-state index contributed by atoms with van der Waals surface area (Å²) < 4.78 is 0. The molecule has 0 amide bonds. The Balaban J connectivity index is 4.50. The average molecular weight is 361 g/mol. The van der Waals surface area contributed by atoms with E-state index in [1.807, 2.05) is 0 Å². The molecule has 0 aliphatic rings. The molecule has 1 rings (SSSR count). The molecule has 0 bridgehead atoms. The Morgan fingerprint density at radius 3 is 0.750 bits per heavy atom. The Morgan fingerprint density at radius 2 is 0.625 bits per heavy atom. The summed E-state index contributed by atoms with van der Waals surface area (Å²) in [5.74, 6) is -11.0. The highest BCUT2D eigenvalue weighted by atomic mass is 35.5. The number of aromatic carboxylic acids is 5. The minimum Gasteiger partial charge on any atom is -0.478 e. The smallest absolute Gasteiger partial charge is 0.337 e. The minimum absolute atomic E-state index is 1.45. The van der Waals surface area contributed by atoms with E-state index in [1.54, 1.807) is 0 Å². The van der Waals surface area contributed by atoms with Gasteiger partial charge in [0.05, 0.1) is 33.4 Å². The fourth-order valence-electron chi connectivity index (χ4n) is 2.02. The van der Waals surface area contributed by atoms with Gasteiger partial charge in [0.1, 0.15) is 0 Å². The third-order valence-electron chi connectivity index (χ3n) is 2.77. The van der Waals surface area contributed by atoms with E-state index < -0.39 is 68.5 Å². The molecule has 0 atom stereocenters. The van der Waals surface area contributed by atoms with Gasteiger partial charge in [-0.05, 0) is 11.6 Å². The molecule has 0 aliphatic carbocycles. The molecule has 0 unspecified atom stereocenters. The second-order valence-corrected chi connectivity index (χ2v) is 4.39. The molecular formula is C12H5ClO11. The van der Waals surface area contributed by atoms with Crippen molar-refractivity contribution in [2.75, 3.05) is 0 Å². The van der Waals surface area contributed by atoms with Gasteiger partial charge in [0.25, 0.3) is 5.24 Å². The fourth-order valence-corrected chi connectivity index (χ4v) is 2.20. The van der Waals surface area contributed by atoms with Crippen LogP contribution in [-0.2, 0) is 0 Å². The SMILES string of the molecule is O=C(O)c1c(C(=O)O)c(C(=O)O)c(C(=O)Cl)c(C(=O)O)c1C(=O)O. The molecule has 0 heterocycles. The summed E-state index contributed by atoms with van der Waals surface area (Å²) in [7, 11) is 0. The van der Waals surface area contributed by atoms with E-state index in [9.17, 15) is 28.8 Å². The zero-order valence-electron chi connectivity index (χ0n) is 11.1. The van der Waals surface area contributed by atoms with Crippen LogP contribution in [-0.4, -0.2) is 60.6 Å². The second kappa shape index (κ2) is 6.34. The maximum Gasteiger partial charge on any atom is 0.337 e. The van der Waals surface area contributed by atoms with Crippen molar-refractivity contribution in [2.45, 2.75) is 0 Å². The minimum atomic E-state index is -2.22. The van der Waals surface area contributed by atoms with Crippen molar-refractivity contribution in [1.82, 2.24) is 0 Å². The van der Waals surface area contributed by atoms with Gasteiger partial charge in [-0.1, -0.05) is 0 Å². The van der Waals surface area contributed by atoms with Crippen molar-refractivity contribution in [2.24, 2.45) is 0 Å². The van der Waals surface area contributed by atoms with Crippen LogP contribution in [0, 0.1) is 0 Å². The van der Waals surface area contributed by atoms with Gasteiger partial charge in [-0.2, -0.15) is 0 Å². The molecule has 12 heteroatoms. The summed E-state index contributed by atoms with van der Waals surface area (Å²) in [5.41, 5.74) is -9.30. The van der Waals surface area contributed by atoms with Crippen LogP contribution in [0.3, 0.4) is 0 Å².